The van der Waals surface area contributed by atoms with Crippen molar-refractivity contribution in [3.05, 3.63) is 35.7 Å². The highest BCUT2D eigenvalue weighted by Gasteiger charge is 2.15. The lowest BCUT2D eigenvalue weighted by molar-refractivity contribution is 0.574. The first-order valence-corrected chi connectivity index (χ1v) is 8.15. The molecule has 2 aromatic heterocycles. The maximum absolute atomic E-state index is 12.0. The summed E-state index contributed by atoms with van der Waals surface area (Å²) in [6, 6.07) is 1.70. The zero-order chi connectivity index (χ0) is 13.7. The maximum Gasteiger partial charge on any atom is 0.250 e. The number of imidazole rings is 1. The fourth-order valence-electron chi connectivity index (χ4n) is 1.59. The molecule has 8 heteroatoms. The zero-order valence-corrected chi connectivity index (χ0v) is 12.2. The highest BCUT2D eigenvalue weighted by molar-refractivity contribution is 7.91. The molecule has 0 aliphatic heterocycles. The number of hydrogen-bond donors (Lipinski definition) is 2. The third-order valence-corrected chi connectivity index (χ3v) is 5.45. The average Bonchev–Trinajstić information content (AvgIpc) is 3.00. The van der Waals surface area contributed by atoms with E-state index in [2.05, 4.69) is 15.0 Å². The summed E-state index contributed by atoms with van der Waals surface area (Å²) in [6.45, 7) is 1.58. The molecule has 0 radical (unpaired) electrons. The van der Waals surface area contributed by atoms with Gasteiger partial charge in [0.05, 0.1) is 6.33 Å². The Morgan fingerprint density at radius 3 is 3.00 bits per heavy atom. The van der Waals surface area contributed by atoms with Gasteiger partial charge in [0.2, 0.25) is 10.0 Å². The first-order valence-electron chi connectivity index (χ1n) is 5.79. The van der Waals surface area contributed by atoms with Gasteiger partial charge in [-0.2, -0.15) is 0 Å². The number of aromatic nitrogens is 2. The van der Waals surface area contributed by atoms with E-state index < -0.39 is 10.0 Å². The SMILES string of the molecule is CNCc1csc(S(=O)(=O)NCCn2ccnc2)c1. The maximum atomic E-state index is 12.0. The van der Waals surface area contributed by atoms with Crippen LogP contribution < -0.4 is 10.0 Å². The summed E-state index contributed by atoms with van der Waals surface area (Å²) in [4.78, 5) is 3.90. The van der Waals surface area contributed by atoms with Crippen LogP contribution in [0.15, 0.2) is 34.4 Å². The van der Waals surface area contributed by atoms with E-state index in [1.165, 1.54) is 11.3 Å². The third kappa shape index (κ3) is 3.87. The van der Waals surface area contributed by atoms with Crippen molar-refractivity contribution in [2.75, 3.05) is 13.6 Å². The molecular formula is C11H16N4O2S2. The number of nitrogens with zero attached hydrogens (tertiary/aromatic N) is 2. The molecule has 2 aromatic rings. The van der Waals surface area contributed by atoms with Crippen molar-refractivity contribution in [2.45, 2.75) is 17.3 Å². The molecule has 0 unspecified atom stereocenters. The van der Waals surface area contributed by atoms with Crippen LogP contribution in [-0.2, 0) is 23.1 Å². The van der Waals surface area contributed by atoms with Crippen LogP contribution in [0.2, 0.25) is 0 Å². The topological polar surface area (TPSA) is 76.0 Å². The van der Waals surface area contributed by atoms with Gasteiger partial charge in [0.1, 0.15) is 4.21 Å². The second-order valence-corrected chi connectivity index (χ2v) is 6.91. The lowest BCUT2D eigenvalue weighted by atomic mass is 10.3. The van der Waals surface area contributed by atoms with Crippen LogP contribution in [0.5, 0.6) is 0 Å². The molecule has 0 saturated carbocycles. The second kappa shape index (κ2) is 6.29. The molecule has 2 heterocycles. The van der Waals surface area contributed by atoms with Crippen LogP contribution in [0.25, 0.3) is 0 Å². The van der Waals surface area contributed by atoms with E-state index in [-0.39, 0.29) is 0 Å². The molecule has 2 rings (SSSR count). The largest absolute Gasteiger partial charge is 0.336 e. The quantitative estimate of drug-likeness (QED) is 0.787. The van der Waals surface area contributed by atoms with Crippen LogP contribution in [0.3, 0.4) is 0 Å². The summed E-state index contributed by atoms with van der Waals surface area (Å²) < 4.78 is 28.8. The van der Waals surface area contributed by atoms with Gasteiger partial charge in [0.15, 0.2) is 0 Å². The number of thiophene rings is 1. The van der Waals surface area contributed by atoms with Crippen LogP contribution >= 0.6 is 11.3 Å². The summed E-state index contributed by atoms with van der Waals surface area (Å²) in [5.74, 6) is 0. The smallest absolute Gasteiger partial charge is 0.250 e. The summed E-state index contributed by atoms with van der Waals surface area (Å²) in [5.41, 5.74) is 0.975. The van der Waals surface area contributed by atoms with Crippen LogP contribution in [0.4, 0.5) is 0 Å². The monoisotopic (exact) mass is 300 g/mol. The minimum Gasteiger partial charge on any atom is -0.336 e. The van der Waals surface area contributed by atoms with Gasteiger partial charge in [-0.3, -0.25) is 0 Å². The molecule has 0 saturated heterocycles. The summed E-state index contributed by atoms with van der Waals surface area (Å²) >= 11 is 1.23. The summed E-state index contributed by atoms with van der Waals surface area (Å²) in [6.07, 6.45) is 5.12. The molecule has 104 valence electrons. The molecule has 0 aliphatic rings. The summed E-state index contributed by atoms with van der Waals surface area (Å²) in [5, 5.41) is 4.84. The van der Waals surface area contributed by atoms with Crippen molar-refractivity contribution in [1.29, 1.82) is 0 Å². The van der Waals surface area contributed by atoms with Crippen molar-refractivity contribution in [3.8, 4) is 0 Å². The van der Waals surface area contributed by atoms with Crippen molar-refractivity contribution in [3.63, 3.8) is 0 Å². The number of hydrogen-bond acceptors (Lipinski definition) is 5. The summed E-state index contributed by atoms with van der Waals surface area (Å²) in [7, 11) is -1.58. The van der Waals surface area contributed by atoms with Gasteiger partial charge >= 0.3 is 0 Å². The van der Waals surface area contributed by atoms with E-state index in [1.807, 2.05) is 17.0 Å². The predicted octanol–water partition coefficient (Wildman–Crippen LogP) is 0.642. The van der Waals surface area contributed by atoms with Gasteiger partial charge in [-0.1, -0.05) is 0 Å². The Labute approximate surface area is 116 Å². The van der Waals surface area contributed by atoms with Gasteiger partial charge in [-0.05, 0) is 24.1 Å². The number of sulfonamides is 1. The lowest BCUT2D eigenvalue weighted by Gasteiger charge is -2.05. The van der Waals surface area contributed by atoms with E-state index in [0.29, 0.717) is 23.8 Å². The van der Waals surface area contributed by atoms with E-state index in [9.17, 15) is 8.42 Å². The Balaban J connectivity index is 1.93. The van der Waals surface area contributed by atoms with Crippen LogP contribution in [0.1, 0.15) is 5.56 Å². The molecule has 0 fully saturated rings. The normalized spacial score (nSPS) is 11.8. The predicted molar refractivity (Wildman–Crippen MR) is 74.5 cm³/mol. The van der Waals surface area contributed by atoms with Crippen LogP contribution in [0, 0.1) is 0 Å². The number of nitrogens with one attached hydrogen (secondary N) is 2. The third-order valence-electron chi connectivity index (χ3n) is 2.50. The molecular weight excluding hydrogens is 284 g/mol. The molecule has 0 spiro atoms. The molecule has 0 atom stereocenters. The standard InChI is InChI=1S/C11H16N4O2S2/c1-12-7-10-6-11(18-8-10)19(16,17)14-3-5-15-4-2-13-9-15/h2,4,6,8-9,12,14H,3,5,7H2,1H3. The fraction of sp³-hybridized carbons (Fsp3) is 0.364. The Morgan fingerprint density at radius 2 is 2.32 bits per heavy atom. The molecule has 2 N–H and O–H groups in total. The van der Waals surface area contributed by atoms with Gasteiger partial charge in [-0.15, -0.1) is 11.3 Å². The number of rotatable bonds is 7. The Morgan fingerprint density at radius 1 is 1.47 bits per heavy atom. The molecule has 0 amide bonds. The second-order valence-electron chi connectivity index (χ2n) is 4.00. The molecule has 6 nitrogen and oxygen atoms in total. The first kappa shape index (κ1) is 14.2. The minimum atomic E-state index is -3.40. The Hall–Kier alpha value is -1.22. The van der Waals surface area contributed by atoms with Gasteiger partial charge in [-0.25, -0.2) is 18.1 Å². The van der Waals surface area contributed by atoms with Crippen LogP contribution in [-0.4, -0.2) is 31.6 Å². The van der Waals surface area contributed by atoms with Crippen molar-refractivity contribution in [1.82, 2.24) is 19.6 Å². The first-order chi connectivity index (χ1) is 9.12. The van der Waals surface area contributed by atoms with Gasteiger partial charge < -0.3 is 9.88 Å². The molecule has 0 aliphatic carbocycles. The minimum absolute atomic E-state index is 0.345. The Kier molecular flexibility index (Phi) is 4.70. The molecule has 0 aromatic carbocycles. The highest BCUT2D eigenvalue weighted by atomic mass is 32.2. The molecule has 0 bridgehead atoms. The van der Waals surface area contributed by atoms with E-state index in [4.69, 9.17) is 0 Å². The van der Waals surface area contributed by atoms with Gasteiger partial charge in [0.25, 0.3) is 0 Å². The van der Waals surface area contributed by atoms with Crippen molar-refractivity contribution >= 4 is 21.4 Å². The van der Waals surface area contributed by atoms with E-state index >= 15 is 0 Å². The van der Waals surface area contributed by atoms with E-state index in [1.54, 1.807) is 24.8 Å². The fourth-order valence-corrected chi connectivity index (χ4v) is 3.87. The lowest BCUT2D eigenvalue weighted by Crippen LogP contribution is -2.26. The average molecular weight is 300 g/mol. The van der Waals surface area contributed by atoms with Crippen molar-refractivity contribution < 1.29 is 8.42 Å². The Bertz CT molecular complexity index is 604. The van der Waals surface area contributed by atoms with Gasteiger partial charge in [0, 0.05) is 32.0 Å². The highest BCUT2D eigenvalue weighted by Crippen LogP contribution is 2.19. The van der Waals surface area contributed by atoms with Crippen molar-refractivity contribution in [2.24, 2.45) is 0 Å². The zero-order valence-electron chi connectivity index (χ0n) is 10.5. The molecule has 19 heavy (non-hydrogen) atoms. The van der Waals surface area contributed by atoms with E-state index in [0.717, 1.165) is 5.56 Å².